The Bertz CT molecular complexity index is 992. The number of carbonyl (C=O) groups excluding carboxylic acids is 1. The van der Waals surface area contributed by atoms with Crippen molar-refractivity contribution in [1.82, 2.24) is 20.1 Å². The maximum atomic E-state index is 12.1. The molecule has 0 spiro atoms. The molecule has 2 aliphatic heterocycles. The fourth-order valence-corrected chi connectivity index (χ4v) is 5.82. The highest BCUT2D eigenvalue weighted by Crippen LogP contribution is 2.30. The molecule has 8 heteroatoms. The summed E-state index contributed by atoms with van der Waals surface area (Å²) in [6.07, 6.45) is 2.81. The molecule has 2 fully saturated rings. The van der Waals surface area contributed by atoms with Crippen molar-refractivity contribution in [2.75, 3.05) is 44.2 Å². The smallest absolute Gasteiger partial charge is 0.252 e. The van der Waals surface area contributed by atoms with Gasteiger partial charge in [0.05, 0.1) is 10.6 Å². The number of benzene rings is 1. The summed E-state index contributed by atoms with van der Waals surface area (Å²) in [7, 11) is 0. The zero-order chi connectivity index (χ0) is 24.2. The molecule has 0 radical (unpaired) electrons. The van der Waals surface area contributed by atoms with Crippen LogP contribution in [0.5, 0.6) is 0 Å². The third-order valence-electron chi connectivity index (χ3n) is 7.09. The minimum Gasteiger partial charge on any atom is -0.353 e. The van der Waals surface area contributed by atoms with Crippen molar-refractivity contribution in [2.24, 2.45) is 5.92 Å². The highest BCUT2D eigenvalue weighted by molar-refractivity contribution is 6.33. The van der Waals surface area contributed by atoms with Crippen LogP contribution in [0.4, 0.5) is 5.82 Å². The number of rotatable bonds is 6. The van der Waals surface area contributed by atoms with E-state index in [1.165, 1.54) is 12.0 Å². The molecule has 34 heavy (non-hydrogen) atoms. The topological polar surface area (TPSA) is 51.7 Å². The molecule has 186 valence electrons. The molecule has 2 unspecified atom stereocenters. The van der Waals surface area contributed by atoms with Gasteiger partial charge in [0.2, 0.25) is 0 Å². The van der Waals surface area contributed by atoms with Crippen LogP contribution in [0.1, 0.15) is 44.5 Å². The van der Waals surface area contributed by atoms with Crippen LogP contribution in [0, 0.1) is 5.92 Å². The average molecular weight is 507 g/mol. The SMILES string of the molecule is CCNC(=O)c1cnc(N2CCN(C3CCN(Cc4ccc(Cl)cc4)CC3C)[C@@H](C)C2)c(Cl)c1.[HH]. The normalized spacial score (nSPS) is 24.3. The predicted molar refractivity (Wildman–Crippen MR) is 142 cm³/mol. The molecule has 1 aromatic heterocycles. The van der Waals surface area contributed by atoms with Crippen LogP contribution in [0.25, 0.3) is 0 Å². The second-order valence-electron chi connectivity index (χ2n) is 9.62. The van der Waals surface area contributed by atoms with Crippen molar-refractivity contribution in [2.45, 2.75) is 45.8 Å². The molecular formula is C26H37Cl2N5O. The fraction of sp³-hybridized carbons (Fsp3) is 0.538. The Morgan fingerprint density at radius 2 is 1.91 bits per heavy atom. The molecular weight excluding hydrogens is 469 g/mol. The number of nitrogens with one attached hydrogen (secondary N) is 1. The van der Waals surface area contributed by atoms with Gasteiger partial charge in [-0.05, 0) is 56.5 Å². The number of halogens is 2. The number of nitrogens with zero attached hydrogens (tertiary/aromatic N) is 4. The van der Waals surface area contributed by atoms with Gasteiger partial charge in [0.25, 0.3) is 5.91 Å². The third-order valence-corrected chi connectivity index (χ3v) is 7.62. The number of hydrogen-bond acceptors (Lipinski definition) is 5. The zero-order valence-corrected chi connectivity index (χ0v) is 21.8. The lowest BCUT2D eigenvalue weighted by molar-refractivity contribution is 0.0320. The highest BCUT2D eigenvalue weighted by Gasteiger charge is 2.36. The summed E-state index contributed by atoms with van der Waals surface area (Å²) in [6, 6.07) is 10.9. The number of piperazine rings is 1. The van der Waals surface area contributed by atoms with Gasteiger partial charge < -0.3 is 10.2 Å². The van der Waals surface area contributed by atoms with Crippen LogP contribution in [-0.4, -0.2) is 72.0 Å². The van der Waals surface area contributed by atoms with E-state index >= 15 is 0 Å². The average Bonchev–Trinajstić information content (AvgIpc) is 2.81. The first-order valence-corrected chi connectivity index (χ1v) is 13.0. The Kier molecular flexibility index (Phi) is 8.35. The molecule has 2 aromatic rings. The highest BCUT2D eigenvalue weighted by atomic mass is 35.5. The van der Waals surface area contributed by atoms with E-state index in [9.17, 15) is 4.79 Å². The standard InChI is InChI=1S/C26H35Cl2N5O.H2/c1-4-29-26(34)21-13-23(28)25(30-14-21)32-11-12-33(19(3)16-32)24-9-10-31(15-18(24)2)17-20-5-7-22(27)8-6-20;/h5-8,13-14,18-19,24H,4,9-12,15-17H2,1-3H3,(H,29,34);1H/t18?,19-,24?;/m0./s1. The monoisotopic (exact) mass is 505 g/mol. The largest absolute Gasteiger partial charge is 0.353 e. The van der Waals surface area contributed by atoms with Gasteiger partial charge >= 0.3 is 0 Å². The summed E-state index contributed by atoms with van der Waals surface area (Å²) in [5, 5.41) is 4.12. The molecule has 1 amide bonds. The van der Waals surface area contributed by atoms with Crippen molar-refractivity contribution in [1.29, 1.82) is 0 Å². The number of aromatic nitrogens is 1. The van der Waals surface area contributed by atoms with Crippen molar-refractivity contribution in [3.8, 4) is 0 Å². The first-order chi connectivity index (χ1) is 16.4. The fourth-order valence-electron chi connectivity index (χ4n) is 5.41. The molecule has 6 nitrogen and oxygen atoms in total. The van der Waals surface area contributed by atoms with E-state index in [1.54, 1.807) is 12.3 Å². The van der Waals surface area contributed by atoms with Crippen LogP contribution in [0.15, 0.2) is 36.5 Å². The molecule has 4 rings (SSSR count). The van der Waals surface area contributed by atoms with Crippen LogP contribution in [-0.2, 0) is 6.54 Å². The van der Waals surface area contributed by atoms with E-state index in [4.69, 9.17) is 23.2 Å². The Morgan fingerprint density at radius 3 is 2.56 bits per heavy atom. The van der Waals surface area contributed by atoms with Gasteiger partial charge in [0.15, 0.2) is 0 Å². The number of piperidine rings is 1. The number of carbonyl (C=O) groups is 1. The lowest BCUT2D eigenvalue weighted by atomic mass is 9.90. The summed E-state index contributed by atoms with van der Waals surface area (Å²) >= 11 is 12.6. The molecule has 0 saturated carbocycles. The molecule has 1 aromatic carbocycles. The molecule has 1 N–H and O–H groups in total. The maximum Gasteiger partial charge on any atom is 0.252 e. The zero-order valence-electron chi connectivity index (χ0n) is 20.3. The summed E-state index contributed by atoms with van der Waals surface area (Å²) in [4.78, 5) is 24.1. The first kappa shape index (κ1) is 25.2. The number of hydrogen-bond donors (Lipinski definition) is 1. The second-order valence-corrected chi connectivity index (χ2v) is 10.5. The van der Waals surface area contributed by atoms with Gasteiger partial charge in [-0.2, -0.15) is 0 Å². The Labute approximate surface area is 214 Å². The second kappa shape index (κ2) is 11.3. The van der Waals surface area contributed by atoms with Crippen LogP contribution >= 0.6 is 23.2 Å². The van der Waals surface area contributed by atoms with Crippen molar-refractivity contribution >= 4 is 34.9 Å². The molecule has 0 bridgehead atoms. The molecule has 0 aliphatic carbocycles. The van der Waals surface area contributed by atoms with E-state index < -0.39 is 0 Å². The maximum absolute atomic E-state index is 12.1. The number of amides is 1. The van der Waals surface area contributed by atoms with E-state index in [0.717, 1.165) is 50.1 Å². The molecule has 3 atom stereocenters. The van der Waals surface area contributed by atoms with Gasteiger partial charge in [-0.3, -0.25) is 14.6 Å². The van der Waals surface area contributed by atoms with Gasteiger partial charge in [0.1, 0.15) is 5.82 Å². The number of likely N-dealkylation sites (tertiary alicyclic amines) is 1. The van der Waals surface area contributed by atoms with Crippen molar-refractivity contribution in [3.05, 3.63) is 57.7 Å². The minimum absolute atomic E-state index is 0. The number of pyridine rings is 1. The summed E-state index contributed by atoms with van der Waals surface area (Å²) in [5.74, 6) is 1.23. The van der Waals surface area contributed by atoms with Crippen LogP contribution in [0.2, 0.25) is 10.0 Å². The predicted octanol–water partition coefficient (Wildman–Crippen LogP) is 4.81. The van der Waals surface area contributed by atoms with Crippen LogP contribution in [0.3, 0.4) is 0 Å². The third kappa shape index (κ3) is 5.85. The molecule has 2 aliphatic rings. The first-order valence-electron chi connectivity index (χ1n) is 12.3. The van der Waals surface area contributed by atoms with E-state index in [0.29, 0.717) is 35.1 Å². The quantitative estimate of drug-likeness (QED) is 0.610. The Morgan fingerprint density at radius 1 is 1.15 bits per heavy atom. The van der Waals surface area contributed by atoms with Gasteiger partial charge in [-0.1, -0.05) is 42.3 Å². The summed E-state index contributed by atoms with van der Waals surface area (Å²) in [6.45, 7) is 13.1. The van der Waals surface area contributed by atoms with E-state index in [2.05, 4.69) is 51.0 Å². The van der Waals surface area contributed by atoms with Crippen molar-refractivity contribution < 1.29 is 6.22 Å². The summed E-state index contributed by atoms with van der Waals surface area (Å²) < 4.78 is 0. The Hall–Kier alpha value is -1.86. The van der Waals surface area contributed by atoms with Crippen molar-refractivity contribution in [3.63, 3.8) is 0 Å². The minimum atomic E-state index is -0.141. The lowest BCUT2D eigenvalue weighted by Crippen LogP contribution is -2.60. The van der Waals surface area contributed by atoms with Crippen LogP contribution < -0.4 is 10.2 Å². The molecule has 2 saturated heterocycles. The van der Waals surface area contributed by atoms with E-state index in [-0.39, 0.29) is 7.33 Å². The van der Waals surface area contributed by atoms with Gasteiger partial charge in [-0.25, -0.2) is 4.98 Å². The lowest BCUT2D eigenvalue weighted by Gasteiger charge is -2.49. The van der Waals surface area contributed by atoms with Gasteiger partial charge in [0, 0.05) is 64.0 Å². The number of anilines is 1. The van der Waals surface area contributed by atoms with E-state index in [1.807, 2.05) is 19.1 Å². The molecule has 3 heterocycles. The van der Waals surface area contributed by atoms with Gasteiger partial charge in [-0.15, -0.1) is 0 Å². The Balaban J connectivity index is 0.00000342. The summed E-state index contributed by atoms with van der Waals surface area (Å²) in [5.41, 5.74) is 1.82.